The molecule has 1 aliphatic rings. The van der Waals surface area contributed by atoms with E-state index < -0.39 is 17.5 Å². The predicted molar refractivity (Wildman–Crippen MR) is 71.5 cm³/mol. The Morgan fingerprint density at radius 3 is 2.30 bits per heavy atom. The van der Waals surface area contributed by atoms with Gasteiger partial charge in [0.1, 0.15) is 11.6 Å². The molecule has 0 saturated carbocycles. The van der Waals surface area contributed by atoms with Crippen LogP contribution in [0.25, 0.3) is 0 Å². The van der Waals surface area contributed by atoms with E-state index in [2.05, 4.69) is 5.32 Å². The summed E-state index contributed by atoms with van der Waals surface area (Å²) in [5.41, 5.74) is 2.29. The molecular formula is C16H13F2NO. The molecule has 0 atom stereocenters. The first-order valence-electron chi connectivity index (χ1n) is 6.46. The Hall–Kier alpha value is -2.23. The van der Waals surface area contributed by atoms with E-state index in [-0.39, 0.29) is 11.6 Å². The van der Waals surface area contributed by atoms with Crippen molar-refractivity contribution in [3.63, 3.8) is 0 Å². The van der Waals surface area contributed by atoms with Gasteiger partial charge in [0.2, 0.25) is 0 Å². The molecule has 1 N–H and O–H groups in total. The van der Waals surface area contributed by atoms with Crippen LogP contribution in [0.2, 0.25) is 0 Å². The van der Waals surface area contributed by atoms with Gasteiger partial charge in [-0.25, -0.2) is 8.78 Å². The monoisotopic (exact) mass is 273 g/mol. The van der Waals surface area contributed by atoms with Crippen LogP contribution < -0.4 is 5.32 Å². The Morgan fingerprint density at radius 1 is 1.05 bits per heavy atom. The number of benzene rings is 2. The van der Waals surface area contributed by atoms with Gasteiger partial charge in [-0.3, -0.25) is 4.79 Å². The van der Waals surface area contributed by atoms with E-state index >= 15 is 0 Å². The van der Waals surface area contributed by atoms with Gasteiger partial charge in [0.05, 0.1) is 5.56 Å². The fourth-order valence-electron chi connectivity index (χ4n) is 2.60. The van der Waals surface area contributed by atoms with Crippen LogP contribution in [-0.4, -0.2) is 11.9 Å². The van der Waals surface area contributed by atoms with Crippen LogP contribution in [0.5, 0.6) is 0 Å². The summed E-state index contributed by atoms with van der Waals surface area (Å²) in [5.74, 6) is -2.02. The number of fused-ring (bicyclic) bond motifs is 1. The fourth-order valence-corrected chi connectivity index (χ4v) is 2.60. The molecule has 4 heteroatoms. The van der Waals surface area contributed by atoms with Crippen molar-refractivity contribution in [3.05, 3.63) is 70.8 Å². The third-order valence-electron chi connectivity index (χ3n) is 3.56. The summed E-state index contributed by atoms with van der Waals surface area (Å²) in [7, 11) is 0. The maximum Gasteiger partial charge on any atom is 0.254 e. The second kappa shape index (κ2) is 5.04. The summed E-state index contributed by atoms with van der Waals surface area (Å²) in [6.45, 7) is 0. The Labute approximate surface area is 115 Å². The van der Waals surface area contributed by atoms with Gasteiger partial charge in [0.15, 0.2) is 0 Å². The third-order valence-corrected chi connectivity index (χ3v) is 3.56. The number of carbonyl (C=O) groups excluding carboxylic acids is 1. The molecule has 0 fully saturated rings. The summed E-state index contributed by atoms with van der Waals surface area (Å²) in [5, 5.41) is 2.80. The first kappa shape index (κ1) is 12.8. The van der Waals surface area contributed by atoms with Gasteiger partial charge in [-0.2, -0.15) is 0 Å². The minimum atomic E-state index is -0.835. The highest BCUT2D eigenvalue weighted by molar-refractivity contribution is 5.94. The molecule has 0 bridgehead atoms. The predicted octanol–water partition coefficient (Wildman–Crippen LogP) is 2.86. The number of nitrogens with one attached hydrogen (secondary N) is 1. The summed E-state index contributed by atoms with van der Waals surface area (Å²) < 4.78 is 26.4. The highest BCUT2D eigenvalue weighted by atomic mass is 19.1. The van der Waals surface area contributed by atoms with Gasteiger partial charge >= 0.3 is 0 Å². The van der Waals surface area contributed by atoms with Crippen molar-refractivity contribution < 1.29 is 13.6 Å². The molecule has 0 unspecified atom stereocenters. The second-order valence-electron chi connectivity index (χ2n) is 4.97. The van der Waals surface area contributed by atoms with Crippen LogP contribution in [0.4, 0.5) is 8.78 Å². The average molecular weight is 273 g/mol. The molecule has 2 aromatic carbocycles. The molecular weight excluding hydrogens is 260 g/mol. The summed E-state index contributed by atoms with van der Waals surface area (Å²) in [6, 6.07) is 10.9. The van der Waals surface area contributed by atoms with Crippen molar-refractivity contribution in [1.29, 1.82) is 0 Å². The molecule has 0 heterocycles. The van der Waals surface area contributed by atoms with Crippen LogP contribution in [0.3, 0.4) is 0 Å². The number of carbonyl (C=O) groups is 1. The molecule has 3 rings (SSSR count). The zero-order valence-corrected chi connectivity index (χ0v) is 10.7. The number of halogens is 2. The van der Waals surface area contributed by atoms with Crippen LogP contribution >= 0.6 is 0 Å². The first-order valence-corrected chi connectivity index (χ1v) is 6.46. The molecule has 102 valence electrons. The topological polar surface area (TPSA) is 29.1 Å². The average Bonchev–Trinajstić information content (AvgIpc) is 2.80. The third kappa shape index (κ3) is 2.41. The molecule has 0 saturated heterocycles. The molecule has 2 nitrogen and oxygen atoms in total. The van der Waals surface area contributed by atoms with E-state index in [1.165, 1.54) is 17.2 Å². The molecule has 1 aliphatic carbocycles. The number of amides is 1. The van der Waals surface area contributed by atoms with Crippen LogP contribution in [0, 0.1) is 11.6 Å². The van der Waals surface area contributed by atoms with Crippen molar-refractivity contribution in [2.24, 2.45) is 0 Å². The van der Waals surface area contributed by atoms with Crippen LogP contribution in [0.1, 0.15) is 21.5 Å². The van der Waals surface area contributed by atoms with Gasteiger partial charge in [0, 0.05) is 12.1 Å². The fraction of sp³-hybridized carbons (Fsp3) is 0.188. The van der Waals surface area contributed by atoms with Gasteiger partial charge in [-0.15, -0.1) is 0 Å². The quantitative estimate of drug-likeness (QED) is 0.895. The highest BCUT2D eigenvalue weighted by Gasteiger charge is 2.23. The van der Waals surface area contributed by atoms with Gasteiger partial charge in [-0.05, 0) is 36.1 Å². The Kier molecular flexibility index (Phi) is 3.22. The van der Waals surface area contributed by atoms with Crippen LogP contribution in [0.15, 0.2) is 42.5 Å². The van der Waals surface area contributed by atoms with E-state index in [1.807, 2.05) is 24.3 Å². The lowest BCUT2D eigenvalue weighted by Gasteiger charge is -2.12. The van der Waals surface area contributed by atoms with E-state index in [0.29, 0.717) is 0 Å². The highest BCUT2D eigenvalue weighted by Crippen LogP contribution is 2.22. The van der Waals surface area contributed by atoms with E-state index in [4.69, 9.17) is 0 Å². The second-order valence-corrected chi connectivity index (χ2v) is 4.97. The standard InChI is InChI=1S/C16H13F2NO/c17-12-5-6-14(15(18)9-12)16(20)19-13-7-10-3-1-2-4-11(10)8-13/h1-6,9,13H,7-8H2,(H,19,20). The molecule has 2 aromatic rings. The Bertz CT molecular complexity index is 644. The lowest BCUT2D eigenvalue weighted by molar-refractivity contribution is 0.0934. The normalized spacial score (nSPS) is 14.1. The van der Waals surface area contributed by atoms with Crippen molar-refractivity contribution in [3.8, 4) is 0 Å². The smallest absolute Gasteiger partial charge is 0.254 e. The maximum atomic E-state index is 13.5. The molecule has 0 aromatic heterocycles. The largest absolute Gasteiger partial charge is 0.349 e. The molecule has 1 amide bonds. The number of rotatable bonds is 2. The van der Waals surface area contributed by atoms with Crippen molar-refractivity contribution in [2.45, 2.75) is 18.9 Å². The number of hydrogen-bond donors (Lipinski definition) is 1. The Morgan fingerprint density at radius 2 is 1.70 bits per heavy atom. The SMILES string of the molecule is O=C(NC1Cc2ccccc2C1)c1ccc(F)cc1F. The molecule has 20 heavy (non-hydrogen) atoms. The minimum absolute atomic E-state index is 0.0376. The van der Waals surface area contributed by atoms with Crippen LogP contribution in [-0.2, 0) is 12.8 Å². The van der Waals surface area contributed by atoms with Crippen molar-refractivity contribution in [1.82, 2.24) is 5.32 Å². The minimum Gasteiger partial charge on any atom is -0.349 e. The zero-order valence-electron chi connectivity index (χ0n) is 10.7. The van der Waals surface area contributed by atoms with Crippen molar-refractivity contribution >= 4 is 5.91 Å². The summed E-state index contributed by atoms with van der Waals surface area (Å²) in [6.07, 6.45) is 1.48. The van der Waals surface area contributed by atoms with Gasteiger partial charge in [-0.1, -0.05) is 24.3 Å². The molecule has 0 spiro atoms. The van der Waals surface area contributed by atoms with E-state index in [9.17, 15) is 13.6 Å². The Balaban J connectivity index is 1.72. The van der Waals surface area contributed by atoms with E-state index in [1.54, 1.807) is 0 Å². The number of hydrogen-bond acceptors (Lipinski definition) is 1. The zero-order chi connectivity index (χ0) is 14.1. The maximum absolute atomic E-state index is 13.5. The lowest BCUT2D eigenvalue weighted by Crippen LogP contribution is -2.35. The lowest BCUT2D eigenvalue weighted by atomic mass is 10.1. The summed E-state index contributed by atoms with van der Waals surface area (Å²) >= 11 is 0. The van der Waals surface area contributed by atoms with E-state index in [0.717, 1.165) is 25.0 Å². The van der Waals surface area contributed by atoms with Gasteiger partial charge in [0.25, 0.3) is 5.91 Å². The van der Waals surface area contributed by atoms with Crippen molar-refractivity contribution in [2.75, 3.05) is 0 Å². The van der Waals surface area contributed by atoms with Gasteiger partial charge < -0.3 is 5.32 Å². The first-order chi connectivity index (χ1) is 9.63. The summed E-state index contributed by atoms with van der Waals surface area (Å²) in [4.78, 5) is 12.0. The molecule has 0 aliphatic heterocycles. The molecule has 0 radical (unpaired) electrons.